The van der Waals surface area contributed by atoms with Crippen LogP contribution in [0.5, 0.6) is 5.75 Å². The molecule has 28 heavy (non-hydrogen) atoms. The second kappa shape index (κ2) is 8.02. The van der Waals surface area contributed by atoms with Crippen LogP contribution in [0.15, 0.2) is 17.1 Å². The predicted octanol–water partition coefficient (Wildman–Crippen LogP) is -2.35. The van der Waals surface area contributed by atoms with Gasteiger partial charge in [0.15, 0.2) is 17.0 Å². The van der Waals surface area contributed by atoms with Crippen molar-refractivity contribution in [2.24, 2.45) is 0 Å². The van der Waals surface area contributed by atoms with Crippen molar-refractivity contribution in [1.82, 2.24) is 9.88 Å². The topological polar surface area (TPSA) is 86.6 Å². The first-order chi connectivity index (χ1) is 12.9. The second-order valence-corrected chi connectivity index (χ2v) is 7.18. The molecular weight excluding hydrogens is 376 g/mol. The van der Waals surface area contributed by atoms with Crippen LogP contribution >= 0.6 is 0 Å². The Balaban J connectivity index is 0.00000225. The SMILES string of the molecule is COc1c(N2CCNCC2C)c(F)cc2c(=O)c(C(=O)[O-])cn(C3CC3)c12.[Na+]. The predicted molar refractivity (Wildman–Crippen MR) is 97.0 cm³/mol. The number of hydrogen-bond acceptors (Lipinski definition) is 6. The number of carboxylic acid groups (broad SMARTS) is 1. The summed E-state index contributed by atoms with van der Waals surface area (Å²) >= 11 is 0. The number of piperazine rings is 1. The van der Waals surface area contributed by atoms with Crippen molar-refractivity contribution in [3.63, 3.8) is 0 Å². The zero-order valence-electron chi connectivity index (χ0n) is 16.3. The number of carboxylic acids is 1. The van der Waals surface area contributed by atoms with Crippen molar-refractivity contribution in [1.29, 1.82) is 0 Å². The molecular formula is C19H21FN3NaO4. The van der Waals surface area contributed by atoms with E-state index in [-0.39, 0.29) is 52.8 Å². The van der Waals surface area contributed by atoms with Gasteiger partial charge in [0.2, 0.25) is 0 Å². The fourth-order valence-corrected chi connectivity index (χ4v) is 3.86. The number of carbonyl (C=O) groups is 1. The minimum absolute atomic E-state index is 0. The summed E-state index contributed by atoms with van der Waals surface area (Å²) in [6.45, 7) is 4.01. The minimum Gasteiger partial charge on any atom is -0.545 e. The second-order valence-electron chi connectivity index (χ2n) is 7.18. The van der Waals surface area contributed by atoms with Crippen LogP contribution in [0.4, 0.5) is 10.1 Å². The maximum Gasteiger partial charge on any atom is 1.00 e. The Labute approximate surface area is 183 Å². The van der Waals surface area contributed by atoms with Gasteiger partial charge in [0.1, 0.15) is 5.69 Å². The third-order valence-electron chi connectivity index (χ3n) is 5.35. The van der Waals surface area contributed by atoms with Crippen molar-refractivity contribution in [3.05, 3.63) is 33.9 Å². The molecule has 7 nitrogen and oxygen atoms in total. The molecule has 1 atom stereocenters. The number of fused-ring (bicyclic) bond motifs is 1. The molecule has 2 aliphatic rings. The smallest absolute Gasteiger partial charge is 0.545 e. The molecule has 144 valence electrons. The summed E-state index contributed by atoms with van der Waals surface area (Å²) in [4.78, 5) is 26.0. The Bertz CT molecular complexity index is 990. The maximum absolute atomic E-state index is 15.1. The van der Waals surface area contributed by atoms with E-state index in [2.05, 4.69) is 5.32 Å². The van der Waals surface area contributed by atoms with E-state index >= 15 is 4.39 Å². The number of pyridine rings is 1. The average molecular weight is 397 g/mol. The molecule has 1 aromatic heterocycles. The summed E-state index contributed by atoms with van der Waals surface area (Å²) in [6.07, 6.45) is 3.04. The van der Waals surface area contributed by atoms with Gasteiger partial charge >= 0.3 is 29.6 Å². The average Bonchev–Trinajstić information content (AvgIpc) is 3.47. The molecule has 4 rings (SSSR count). The Morgan fingerprint density at radius 1 is 1.39 bits per heavy atom. The van der Waals surface area contributed by atoms with Gasteiger partial charge in [-0.3, -0.25) is 4.79 Å². The molecule has 1 aromatic carbocycles. The summed E-state index contributed by atoms with van der Waals surface area (Å²) in [7, 11) is 1.44. The molecule has 1 unspecified atom stereocenters. The van der Waals surface area contributed by atoms with E-state index in [0.717, 1.165) is 18.9 Å². The molecule has 1 aliphatic heterocycles. The zero-order valence-corrected chi connectivity index (χ0v) is 18.3. The van der Waals surface area contributed by atoms with Crippen LogP contribution in [-0.2, 0) is 0 Å². The van der Waals surface area contributed by atoms with Gasteiger partial charge in [-0.05, 0) is 25.8 Å². The quantitative estimate of drug-likeness (QED) is 0.582. The van der Waals surface area contributed by atoms with Crippen LogP contribution in [0.1, 0.15) is 36.2 Å². The minimum atomic E-state index is -1.56. The van der Waals surface area contributed by atoms with Crippen LogP contribution < -0.4 is 55.0 Å². The van der Waals surface area contributed by atoms with Crippen molar-refractivity contribution in [3.8, 4) is 5.75 Å². The number of rotatable bonds is 4. The molecule has 2 fully saturated rings. The number of ether oxygens (including phenoxy) is 1. The van der Waals surface area contributed by atoms with Crippen LogP contribution in [0.3, 0.4) is 0 Å². The molecule has 1 aliphatic carbocycles. The van der Waals surface area contributed by atoms with Crippen molar-refractivity contribution in [2.45, 2.75) is 31.8 Å². The first-order valence-corrected chi connectivity index (χ1v) is 9.08. The van der Waals surface area contributed by atoms with Gasteiger partial charge in [-0.2, -0.15) is 0 Å². The Kier molecular flexibility index (Phi) is 6.05. The summed E-state index contributed by atoms with van der Waals surface area (Å²) < 4.78 is 22.5. The van der Waals surface area contributed by atoms with Crippen LogP contribution in [0.25, 0.3) is 10.9 Å². The number of anilines is 1. The first kappa shape index (κ1) is 21.1. The van der Waals surface area contributed by atoms with Crippen molar-refractivity contribution in [2.75, 3.05) is 31.6 Å². The van der Waals surface area contributed by atoms with Gasteiger partial charge in [-0.15, -0.1) is 0 Å². The van der Waals surface area contributed by atoms with Gasteiger partial charge in [-0.25, -0.2) is 4.39 Å². The summed E-state index contributed by atoms with van der Waals surface area (Å²) in [5, 5.41) is 14.7. The molecule has 0 bridgehead atoms. The van der Waals surface area contributed by atoms with Gasteiger partial charge < -0.3 is 29.4 Å². The van der Waals surface area contributed by atoms with Crippen molar-refractivity contribution >= 4 is 22.6 Å². The number of aromatic nitrogens is 1. The molecule has 2 aromatic rings. The number of nitrogens with one attached hydrogen (secondary N) is 1. The molecule has 0 amide bonds. The number of carbonyl (C=O) groups excluding carboxylic acids is 1. The monoisotopic (exact) mass is 397 g/mol. The first-order valence-electron chi connectivity index (χ1n) is 9.08. The Morgan fingerprint density at radius 2 is 2.11 bits per heavy atom. The number of benzene rings is 1. The van der Waals surface area contributed by atoms with Crippen LogP contribution in [0, 0.1) is 5.82 Å². The maximum atomic E-state index is 15.1. The van der Waals surface area contributed by atoms with Crippen molar-refractivity contribution < 1.29 is 48.6 Å². The summed E-state index contributed by atoms with van der Waals surface area (Å²) in [5.41, 5.74) is -0.454. The number of aromatic carboxylic acids is 1. The van der Waals surface area contributed by atoms with E-state index in [1.54, 1.807) is 4.57 Å². The zero-order chi connectivity index (χ0) is 19.3. The Morgan fingerprint density at radius 3 is 2.68 bits per heavy atom. The molecule has 1 N–H and O–H groups in total. The molecule has 9 heteroatoms. The van der Waals surface area contributed by atoms with E-state index < -0.39 is 22.8 Å². The summed E-state index contributed by atoms with van der Waals surface area (Å²) in [5.74, 6) is -1.88. The summed E-state index contributed by atoms with van der Waals surface area (Å²) in [6, 6.07) is 1.25. The number of hydrogen-bond donors (Lipinski definition) is 1. The molecule has 2 heterocycles. The van der Waals surface area contributed by atoms with Gasteiger partial charge in [0.25, 0.3) is 0 Å². The third-order valence-corrected chi connectivity index (χ3v) is 5.35. The fourth-order valence-electron chi connectivity index (χ4n) is 3.86. The van der Waals surface area contributed by atoms with Crippen LogP contribution in [-0.4, -0.2) is 43.3 Å². The fraction of sp³-hybridized carbons (Fsp3) is 0.474. The molecule has 1 saturated carbocycles. The van der Waals surface area contributed by atoms with Gasteiger partial charge in [0, 0.05) is 37.9 Å². The van der Waals surface area contributed by atoms with Crippen LogP contribution in [0.2, 0.25) is 0 Å². The number of halogens is 1. The normalized spacial score (nSPS) is 19.4. The Hall–Kier alpha value is -1.61. The van der Waals surface area contributed by atoms with E-state index in [0.29, 0.717) is 30.8 Å². The van der Waals surface area contributed by atoms with E-state index in [1.165, 1.54) is 13.3 Å². The number of nitrogens with zero attached hydrogens (tertiary/aromatic N) is 2. The van der Waals surface area contributed by atoms with E-state index in [9.17, 15) is 14.7 Å². The van der Waals surface area contributed by atoms with Gasteiger partial charge in [-0.1, -0.05) is 0 Å². The standard InChI is InChI=1S/C19H22FN3O4.Na/c1-10-8-21-5-6-22(10)16-14(20)7-12-15(18(16)27-2)23(11-3-4-11)9-13(17(12)24)19(25)26;/h7,9-11,21H,3-6,8H2,1-2H3,(H,25,26);/q;+1/p-1. The van der Waals surface area contributed by atoms with E-state index in [1.807, 2.05) is 11.8 Å². The largest absolute Gasteiger partial charge is 1.00 e. The molecule has 1 saturated heterocycles. The number of methoxy groups -OCH3 is 1. The third kappa shape index (κ3) is 3.43. The van der Waals surface area contributed by atoms with E-state index in [4.69, 9.17) is 4.74 Å². The van der Waals surface area contributed by atoms with Gasteiger partial charge in [0.05, 0.1) is 29.5 Å². The molecule has 0 radical (unpaired) electrons. The molecule has 0 spiro atoms.